The molecule has 0 amide bonds. The Morgan fingerprint density at radius 2 is 1.66 bits per heavy atom. The molecule has 0 aliphatic rings. The molecule has 0 saturated heterocycles. The standard InChI is InChI=1S/C26H19BrClNO3/c1-15-3-5-18(6-4-15)25(30)16(2)32-26(31)22-14-24(17-7-9-19(27)10-8-17)29-23-12-11-20(28)13-21(22)23/h3-14,16H,1-2H3. The normalized spacial score (nSPS) is 11.9. The van der Waals surface area contributed by atoms with Crippen molar-refractivity contribution in [2.45, 2.75) is 20.0 Å². The average Bonchev–Trinajstić information content (AvgIpc) is 2.78. The Labute approximate surface area is 199 Å². The van der Waals surface area contributed by atoms with Gasteiger partial charge in [-0.3, -0.25) is 4.79 Å². The SMILES string of the molecule is Cc1ccc(C(=O)C(C)OC(=O)c2cc(-c3ccc(Br)cc3)nc3ccc(Cl)cc23)cc1. The molecule has 0 bridgehead atoms. The first-order valence-electron chi connectivity index (χ1n) is 10.00. The number of esters is 1. The van der Waals surface area contributed by atoms with Crippen molar-refractivity contribution in [3.63, 3.8) is 0 Å². The second-order valence-corrected chi connectivity index (χ2v) is 8.85. The lowest BCUT2D eigenvalue weighted by molar-refractivity contribution is 0.0320. The monoisotopic (exact) mass is 507 g/mol. The van der Waals surface area contributed by atoms with E-state index in [9.17, 15) is 9.59 Å². The predicted molar refractivity (Wildman–Crippen MR) is 130 cm³/mol. The van der Waals surface area contributed by atoms with Gasteiger partial charge in [0.05, 0.1) is 16.8 Å². The van der Waals surface area contributed by atoms with Crippen LogP contribution in [0.5, 0.6) is 0 Å². The summed E-state index contributed by atoms with van der Waals surface area (Å²) in [5, 5.41) is 1.05. The summed E-state index contributed by atoms with van der Waals surface area (Å²) in [6.07, 6.45) is -0.941. The van der Waals surface area contributed by atoms with Gasteiger partial charge in [0.25, 0.3) is 0 Å². The molecule has 1 atom stereocenters. The minimum absolute atomic E-state index is 0.261. The molecule has 4 nitrogen and oxygen atoms in total. The number of rotatable bonds is 5. The van der Waals surface area contributed by atoms with Crippen molar-refractivity contribution >= 4 is 50.2 Å². The molecule has 6 heteroatoms. The number of ether oxygens (including phenoxy) is 1. The molecule has 1 unspecified atom stereocenters. The number of carbonyl (C=O) groups excluding carboxylic acids is 2. The zero-order valence-electron chi connectivity index (χ0n) is 17.4. The van der Waals surface area contributed by atoms with E-state index in [1.54, 1.807) is 43.3 Å². The molecule has 0 aliphatic carbocycles. The van der Waals surface area contributed by atoms with Gasteiger partial charge < -0.3 is 4.74 Å². The molecule has 3 aromatic carbocycles. The zero-order chi connectivity index (χ0) is 22.8. The maximum atomic E-state index is 13.2. The number of pyridine rings is 1. The fraction of sp³-hybridized carbons (Fsp3) is 0.115. The molecule has 4 aromatic rings. The molecule has 0 aliphatic heterocycles. The van der Waals surface area contributed by atoms with E-state index in [0.29, 0.717) is 32.7 Å². The Morgan fingerprint density at radius 1 is 0.969 bits per heavy atom. The Bertz CT molecular complexity index is 1320. The van der Waals surface area contributed by atoms with Crippen molar-refractivity contribution in [3.8, 4) is 11.3 Å². The second-order valence-electron chi connectivity index (χ2n) is 7.50. The van der Waals surface area contributed by atoms with Gasteiger partial charge in [-0.25, -0.2) is 9.78 Å². The van der Waals surface area contributed by atoms with Crippen molar-refractivity contribution < 1.29 is 14.3 Å². The molecular formula is C26H19BrClNO3. The van der Waals surface area contributed by atoms with Gasteiger partial charge in [-0.1, -0.05) is 69.5 Å². The summed E-state index contributed by atoms with van der Waals surface area (Å²) >= 11 is 9.61. The summed E-state index contributed by atoms with van der Waals surface area (Å²) in [5.74, 6) is -0.867. The number of fused-ring (bicyclic) bond motifs is 1. The van der Waals surface area contributed by atoms with Crippen LogP contribution in [0.3, 0.4) is 0 Å². The van der Waals surface area contributed by atoms with Crippen LogP contribution in [0, 0.1) is 6.92 Å². The van der Waals surface area contributed by atoms with E-state index in [-0.39, 0.29) is 5.78 Å². The first-order valence-corrected chi connectivity index (χ1v) is 11.2. The number of hydrogen-bond donors (Lipinski definition) is 0. The maximum Gasteiger partial charge on any atom is 0.339 e. The number of ketones is 1. The molecule has 0 saturated carbocycles. The first-order chi connectivity index (χ1) is 15.3. The van der Waals surface area contributed by atoms with Gasteiger partial charge >= 0.3 is 5.97 Å². The van der Waals surface area contributed by atoms with Crippen molar-refractivity contribution in [2.75, 3.05) is 0 Å². The van der Waals surface area contributed by atoms with Crippen LogP contribution in [0.2, 0.25) is 5.02 Å². The van der Waals surface area contributed by atoms with E-state index in [1.165, 1.54) is 0 Å². The molecule has 32 heavy (non-hydrogen) atoms. The van der Waals surface area contributed by atoms with Crippen molar-refractivity contribution in [1.29, 1.82) is 0 Å². The Kier molecular flexibility index (Phi) is 6.40. The first kappa shape index (κ1) is 22.2. The number of aryl methyl sites for hydroxylation is 1. The second kappa shape index (κ2) is 9.23. The maximum absolute atomic E-state index is 13.2. The fourth-order valence-electron chi connectivity index (χ4n) is 3.37. The van der Waals surface area contributed by atoms with Gasteiger partial charge in [0.1, 0.15) is 0 Å². The highest BCUT2D eigenvalue weighted by Gasteiger charge is 2.23. The third kappa shape index (κ3) is 4.74. The number of aromatic nitrogens is 1. The fourth-order valence-corrected chi connectivity index (χ4v) is 3.80. The van der Waals surface area contributed by atoms with E-state index in [4.69, 9.17) is 16.3 Å². The van der Waals surface area contributed by atoms with E-state index < -0.39 is 12.1 Å². The quantitative estimate of drug-likeness (QED) is 0.214. The number of halogens is 2. The number of Topliss-reactive ketones (excluding diaryl/α,β-unsaturated/α-hetero) is 1. The predicted octanol–water partition coefficient (Wildman–Crippen LogP) is 7.05. The number of carbonyl (C=O) groups is 2. The lowest BCUT2D eigenvalue weighted by Gasteiger charge is -2.15. The van der Waals surface area contributed by atoms with Crippen LogP contribution in [-0.2, 0) is 4.74 Å². The van der Waals surface area contributed by atoms with Crippen molar-refractivity contribution in [1.82, 2.24) is 4.98 Å². The lowest BCUT2D eigenvalue weighted by Crippen LogP contribution is -2.24. The van der Waals surface area contributed by atoms with Crippen LogP contribution in [0.25, 0.3) is 22.2 Å². The summed E-state index contributed by atoms with van der Waals surface area (Å²) in [6.45, 7) is 3.52. The van der Waals surface area contributed by atoms with Gasteiger partial charge in [0.15, 0.2) is 6.10 Å². The van der Waals surface area contributed by atoms with E-state index in [1.807, 2.05) is 43.3 Å². The molecular weight excluding hydrogens is 490 g/mol. The molecule has 0 N–H and O–H groups in total. The summed E-state index contributed by atoms with van der Waals surface area (Å²) in [4.78, 5) is 30.6. The van der Waals surface area contributed by atoms with Crippen LogP contribution < -0.4 is 0 Å². The molecule has 160 valence electrons. The molecule has 4 rings (SSSR count). The topological polar surface area (TPSA) is 56.3 Å². The Balaban J connectivity index is 1.70. The number of hydrogen-bond acceptors (Lipinski definition) is 4. The highest BCUT2D eigenvalue weighted by Crippen LogP contribution is 2.28. The molecule has 0 radical (unpaired) electrons. The van der Waals surface area contributed by atoms with Crippen LogP contribution >= 0.6 is 27.5 Å². The molecule has 1 aromatic heterocycles. The van der Waals surface area contributed by atoms with Crippen LogP contribution in [0.15, 0.2) is 77.3 Å². The number of benzene rings is 3. The van der Waals surface area contributed by atoms with Crippen LogP contribution in [-0.4, -0.2) is 22.8 Å². The van der Waals surface area contributed by atoms with Crippen molar-refractivity contribution in [3.05, 3.63) is 99.0 Å². The largest absolute Gasteiger partial charge is 0.451 e. The van der Waals surface area contributed by atoms with Crippen LogP contribution in [0.4, 0.5) is 0 Å². The number of nitrogens with zero attached hydrogens (tertiary/aromatic N) is 1. The van der Waals surface area contributed by atoms with E-state index in [2.05, 4.69) is 20.9 Å². The van der Waals surface area contributed by atoms with Gasteiger partial charge in [-0.15, -0.1) is 0 Å². The van der Waals surface area contributed by atoms with Gasteiger partial charge in [-0.05, 0) is 50.2 Å². The van der Waals surface area contributed by atoms with Gasteiger partial charge in [-0.2, -0.15) is 0 Å². The minimum Gasteiger partial charge on any atom is -0.451 e. The highest BCUT2D eigenvalue weighted by atomic mass is 79.9. The zero-order valence-corrected chi connectivity index (χ0v) is 19.8. The molecule has 0 spiro atoms. The highest BCUT2D eigenvalue weighted by molar-refractivity contribution is 9.10. The molecule has 0 fully saturated rings. The Morgan fingerprint density at radius 3 is 2.34 bits per heavy atom. The third-order valence-corrected chi connectivity index (χ3v) is 5.88. The Hall–Kier alpha value is -3.02. The lowest BCUT2D eigenvalue weighted by atomic mass is 10.0. The molecule has 1 heterocycles. The minimum atomic E-state index is -0.941. The smallest absolute Gasteiger partial charge is 0.339 e. The average molecular weight is 509 g/mol. The summed E-state index contributed by atoms with van der Waals surface area (Å²) in [6, 6.07) is 21.6. The van der Waals surface area contributed by atoms with Crippen molar-refractivity contribution in [2.24, 2.45) is 0 Å². The summed E-state index contributed by atoms with van der Waals surface area (Å²) < 4.78 is 6.52. The van der Waals surface area contributed by atoms with Gasteiger partial charge in [0, 0.05) is 26.0 Å². The van der Waals surface area contributed by atoms with E-state index >= 15 is 0 Å². The van der Waals surface area contributed by atoms with E-state index in [0.717, 1.165) is 15.6 Å². The summed E-state index contributed by atoms with van der Waals surface area (Å²) in [5.41, 5.74) is 3.93. The third-order valence-electron chi connectivity index (χ3n) is 5.12. The van der Waals surface area contributed by atoms with Gasteiger partial charge in [0.2, 0.25) is 5.78 Å². The van der Waals surface area contributed by atoms with Crippen LogP contribution in [0.1, 0.15) is 33.2 Å². The summed E-state index contributed by atoms with van der Waals surface area (Å²) in [7, 11) is 0.